The van der Waals surface area contributed by atoms with Gasteiger partial charge in [0, 0.05) is 11.3 Å². The average molecular weight is 550 g/mol. The predicted molar refractivity (Wildman–Crippen MR) is 147 cm³/mol. The van der Waals surface area contributed by atoms with Crippen molar-refractivity contribution >= 4 is 12.1 Å². The van der Waals surface area contributed by atoms with Gasteiger partial charge in [0.25, 0.3) is 0 Å². The van der Waals surface area contributed by atoms with E-state index in [0.717, 1.165) is 6.42 Å². The van der Waals surface area contributed by atoms with E-state index >= 15 is 0 Å². The Kier molecular flexibility index (Phi) is 6.06. The van der Waals surface area contributed by atoms with Crippen LogP contribution in [0.15, 0.2) is 48.5 Å². The van der Waals surface area contributed by atoms with Crippen LogP contribution in [0.2, 0.25) is 0 Å². The summed E-state index contributed by atoms with van der Waals surface area (Å²) in [5.74, 6) is 0.306. The number of aliphatic hydroxyl groups is 1. The number of alkyl carbamates (subject to hydrolysis) is 1. The number of esters is 1. The average Bonchev–Trinajstić information content (AvgIpc) is 3.57. The molecule has 8 heteroatoms. The van der Waals surface area contributed by atoms with Crippen LogP contribution in [0.1, 0.15) is 76.1 Å². The van der Waals surface area contributed by atoms with Gasteiger partial charge in [0.15, 0.2) is 6.10 Å². The van der Waals surface area contributed by atoms with Crippen LogP contribution in [0.3, 0.4) is 0 Å². The molecule has 0 radical (unpaired) electrons. The predicted octanol–water partition coefficient (Wildman–Crippen LogP) is 4.99. The van der Waals surface area contributed by atoms with Crippen molar-refractivity contribution in [1.82, 2.24) is 5.32 Å². The second-order valence-corrected chi connectivity index (χ2v) is 12.6. The minimum Gasteiger partial charge on any atom is -0.497 e. The van der Waals surface area contributed by atoms with Crippen LogP contribution in [0.25, 0.3) is 0 Å². The van der Waals surface area contributed by atoms with E-state index in [4.69, 9.17) is 18.9 Å². The number of hydrogen-bond donors (Lipinski definition) is 2. The van der Waals surface area contributed by atoms with Gasteiger partial charge in [-0.05, 0) is 59.9 Å². The lowest BCUT2D eigenvalue weighted by molar-refractivity contribution is -0.173. The maximum absolute atomic E-state index is 13.6. The third kappa shape index (κ3) is 3.26. The fourth-order valence-corrected chi connectivity index (χ4v) is 8.71. The highest BCUT2D eigenvalue weighted by atomic mass is 16.6. The Morgan fingerprint density at radius 2 is 1.82 bits per heavy atom. The molecule has 214 valence electrons. The lowest BCUT2D eigenvalue weighted by atomic mass is 9.58. The Labute approximate surface area is 235 Å². The molecule has 8 atom stereocenters. The summed E-state index contributed by atoms with van der Waals surface area (Å²) in [6.45, 7) is 10.8. The second-order valence-electron chi connectivity index (χ2n) is 12.6. The number of fused-ring (bicyclic) bond motifs is 3. The Bertz CT molecular complexity index is 1340. The fourth-order valence-electron chi connectivity index (χ4n) is 8.71. The number of carbonyl (C=O) groups excluding carboxylic acids is 2. The third-order valence-electron chi connectivity index (χ3n) is 10.9. The molecular formula is C32H39NO7. The minimum atomic E-state index is -1.64. The van der Waals surface area contributed by atoms with E-state index in [1.807, 2.05) is 0 Å². The van der Waals surface area contributed by atoms with Gasteiger partial charge in [-0.3, -0.25) is 0 Å². The Morgan fingerprint density at radius 3 is 2.50 bits per heavy atom. The number of nitrogens with one attached hydrogen (secondary N) is 1. The number of carbonyl (C=O) groups is 2. The van der Waals surface area contributed by atoms with Crippen molar-refractivity contribution in [3.8, 4) is 5.75 Å². The number of methoxy groups -OCH3 is 1. The zero-order valence-electron chi connectivity index (χ0n) is 24.0. The lowest BCUT2D eigenvalue weighted by Crippen LogP contribution is -2.53. The lowest BCUT2D eigenvalue weighted by Gasteiger charge is -2.46. The zero-order valence-corrected chi connectivity index (χ0v) is 24.0. The van der Waals surface area contributed by atoms with Gasteiger partial charge in [-0.2, -0.15) is 0 Å². The summed E-state index contributed by atoms with van der Waals surface area (Å²) < 4.78 is 23.4. The smallest absolute Gasteiger partial charge is 0.407 e. The number of hydrogen-bond acceptors (Lipinski definition) is 7. The van der Waals surface area contributed by atoms with Crippen LogP contribution >= 0.6 is 0 Å². The maximum Gasteiger partial charge on any atom is 0.407 e. The molecule has 0 spiro atoms. The molecule has 8 nitrogen and oxygen atoms in total. The van der Waals surface area contributed by atoms with E-state index in [-0.39, 0.29) is 23.5 Å². The molecule has 2 bridgehead atoms. The van der Waals surface area contributed by atoms with E-state index in [1.54, 1.807) is 38.3 Å². The van der Waals surface area contributed by atoms with Gasteiger partial charge in [-0.15, -0.1) is 0 Å². The minimum absolute atomic E-state index is 0.156. The van der Waals surface area contributed by atoms with Crippen LogP contribution in [-0.2, 0) is 24.6 Å². The van der Waals surface area contributed by atoms with E-state index in [1.165, 1.54) is 11.1 Å². The molecule has 1 amide bonds. The Balaban J connectivity index is 1.29. The Morgan fingerprint density at radius 1 is 1.12 bits per heavy atom. The van der Waals surface area contributed by atoms with Gasteiger partial charge in [0.05, 0.1) is 19.8 Å². The topological polar surface area (TPSA) is 107 Å². The van der Waals surface area contributed by atoms with E-state index in [9.17, 15) is 14.7 Å². The molecule has 1 saturated heterocycles. The number of amides is 1. The fraction of sp³-hybridized carbons (Fsp3) is 0.562. The molecule has 2 aromatic rings. The first-order valence-electron chi connectivity index (χ1n) is 14.2. The summed E-state index contributed by atoms with van der Waals surface area (Å²) in [7, 11) is 1.55. The first-order chi connectivity index (χ1) is 19.0. The first kappa shape index (κ1) is 27.1. The van der Waals surface area contributed by atoms with E-state index < -0.39 is 41.3 Å². The van der Waals surface area contributed by atoms with Gasteiger partial charge >= 0.3 is 12.1 Å². The van der Waals surface area contributed by atoms with Crippen molar-refractivity contribution in [1.29, 1.82) is 0 Å². The summed E-state index contributed by atoms with van der Waals surface area (Å²) in [4.78, 5) is 26.0. The van der Waals surface area contributed by atoms with Gasteiger partial charge in [0.2, 0.25) is 0 Å². The molecule has 4 aliphatic rings. The number of rotatable bonds is 7. The molecule has 6 rings (SSSR count). The van der Waals surface area contributed by atoms with E-state index in [0.29, 0.717) is 23.7 Å². The molecule has 1 heterocycles. The molecule has 2 aromatic carbocycles. The second kappa shape index (κ2) is 8.95. The molecule has 2 saturated carbocycles. The van der Waals surface area contributed by atoms with Crippen molar-refractivity contribution in [3.63, 3.8) is 0 Å². The highest BCUT2D eigenvalue weighted by molar-refractivity contribution is 5.78. The van der Waals surface area contributed by atoms with Crippen LogP contribution in [0.4, 0.5) is 4.79 Å². The first-order valence-corrected chi connectivity index (χ1v) is 14.2. The normalized spacial score (nSPS) is 35.4. The van der Waals surface area contributed by atoms with Crippen LogP contribution < -0.4 is 10.1 Å². The quantitative estimate of drug-likeness (QED) is 0.370. The molecule has 3 fully saturated rings. The molecule has 3 aliphatic carbocycles. The van der Waals surface area contributed by atoms with Crippen molar-refractivity contribution in [2.75, 3.05) is 13.7 Å². The third-order valence-corrected chi connectivity index (χ3v) is 10.9. The van der Waals surface area contributed by atoms with Crippen molar-refractivity contribution in [3.05, 3.63) is 65.2 Å². The monoisotopic (exact) mass is 549 g/mol. The molecule has 40 heavy (non-hydrogen) atoms. The van der Waals surface area contributed by atoms with Crippen LogP contribution in [0, 0.1) is 16.7 Å². The highest BCUT2D eigenvalue weighted by Gasteiger charge is 2.95. The summed E-state index contributed by atoms with van der Waals surface area (Å²) in [6.07, 6.45) is -1.31. The number of ether oxygens (including phenoxy) is 4. The van der Waals surface area contributed by atoms with Crippen molar-refractivity contribution in [2.24, 2.45) is 16.7 Å². The molecular weight excluding hydrogens is 510 g/mol. The van der Waals surface area contributed by atoms with Gasteiger partial charge in [-0.1, -0.05) is 64.1 Å². The van der Waals surface area contributed by atoms with Crippen LogP contribution in [-0.4, -0.2) is 48.7 Å². The standard InChI is InChI=1S/C32H39NO7/c1-7-38-28(36)33-25(19-12-14-20(37-6)15-13-19)26(34)27(35)39-24-16-23-29(3,4)30(24,5)31-17-18(2)21-10-8-9-11-22(21)32(23,31)40-31/h8-15,18,23-26,34H,7,16-17H2,1-6H3,(H,33,36)/t18-,23?,24?,25-,26+,30?,31-,32+/m0/s1. The summed E-state index contributed by atoms with van der Waals surface area (Å²) in [5.41, 5.74) is 1.71. The van der Waals surface area contributed by atoms with Crippen LogP contribution in [0.5, 0.6) is 5.75 Å². The summed E-state index contributed by atoms with van der Waals surface area (Å²) in [6, 6.07) is 14.3. The van der Waals surface area contributed by atoms with Gasteiger partial charge in [-0.25, -0.2) is 9.59 Å². The van der Waals surface area contributed by atoms with Crippen molar-refractivity contribution in [2.45, 2.75) is 82.8 Å². The number of epoxide rings is 1. The van der Waals surface area contributed by atoms with Gasteiger partial charge in [0.1, 0.15) is 23.1 Å². The number of aliphatic hydroxyl groups excluding tert-OH is 1. The molecule has 2 N–H and O–H groups in total. The molecule has 3 unspecified atom stereocenters. The number of benzene rings is 2. The molecule has 1 aliphatic heterocycles. The SMILES string of the molecule is CCOC(=O)N[C@@H](c1ccc(OC)cc1)[C@@H](O)C(=O)OC1CC2C(C)(C)C1(C)[C@@]13C[C@H](C)c4ccccc4[C@@]21O3. The Hall–Kier alpha value is -3.10. The van der Waals surface area contributed by atoms with Gasteiger partial charge < -0.3 is 29.4 Å². The maximum atomic E-state index is 13.6. The zero-order chi connectivity index (χ0) is 28.7. The van der Waals surface area contributed by atoms with E-state index in [2.05, 4.69) is 57.3 Å². The summed E-state index contributed by atoms with van der Waals surface area (Å²) in [5, 5.41) is 13.9. The highest BCUT2D eigenvalue weighted by Crippen LogP contribution is 2.89. The van der Waals surface area contributed by atoms with Crippen molar-refractivity contribution < 1.29 is 33.6 Å². The largest absolute Gasteiger partial charge is 0.497 e. The molecule has 0 aromatic heterocycles. The summed E-state index contributed by atoms with van der Waals surface area (Å²) >= 11 is 0.